The third-order valence-corrected chi connectivity index (χ3v) is 3.09. The van der Waals surface area contributed by atoms with Crippen LogP contribution in [0, 0.1) is 5.82 Å². The van der Waals surface area contributed by atoms with E-state index in [9.17, 15) is 14.3 Å². The van der Waals surface area contributed by atoms with Crippen LogP contribution in [-0.2, 0) is 0 Å². The quantitative estimate of drug-likeness (QED) is 0.776. The fourth-order valence-corrected chi connectivity index (χ4v) is 2.12. The molecule has 0 saturated carbocycles. The zero-order chi connectivity index (χ0) is 15.5. The zero-order valence-electron chi connectivity index (χ0n) is 11.3. The maximum absolute atomic E-state index is 13.1. The molecule has 0 unspecified atom stereocenters. The van der Waals surface area contributed by atoms with E-state index in [0.717, 1.165) is 4.90 Å². The number of hydrogen-bond acceptors (Lipinski definition) is 3. The van der Waals surface area contributed by atoms with Gasteiger partial charge in [0.2, 0.25) is 0 Å². The lowest BCUT2D eigenvalue weighted by molar-refractivity contribution is 0.204. The van der Waals surface area contributed by atoms with Gasteiger partial charge in [-0.1, -0.05) is 12.1 Å². The summed E-state index contributed by atoms with van der Waals surface area (Å²) in [7, 11) is 0. The van der Waals surface area contributed by atoms with E-state index < -0.39 is 6.09 Å². The lowest BCUT2D eigenvalue weighted by Gasteiger charge is -2.19. The number of hydrogen-bond donors (Lipinski definition) is 2. The zero-order valence-corrected chi connectivity index (χ0v) is 11.3. The molecule has 0 fully saturated rings. The van der Waals surface area contributed by atoms with Crippen LogP contribution >= 0.6 is 0 Å². The van der Waals surface area contributed by atoms with Gasteiger partial charge < -0.3 is 5.11 Å². The smallest absolute Gasteiger partial charge is 0.417 e. The van der Waals surface area contributed by atoms with Crippen LogP contribution < -0.4 is 4.90 Å². The molecule has 0 aliphatic heterocycles. The minimum atomic E-state index is -1.19. The van der Waals surface area contributed by atoms with Crippen LogP contribution in [0.1, 0.15) is 0 Å². The third-order valence-electron chi connectivity index (χ3n) is 3.09. The summed E-state index contributed by atoms with van der Waals surface area (Å²) >= 11 is 0. The van der Waals surface area contributed by atoms with Gasteiger partial charge in [0.05, 0.1) is 11.9 Å². The van der Waals surface area contributed by atoms with E-state index in [-0.39, 0.29) is 11.6 Å². The molecule has 1 aromatic carbocycles. The summed E-state index contributed by atoms with van der Waals surface area (Å²) in [5.41, 5.74) is 1.58. The first-order valence-electron chi connectivity index (χ1n) is 6.39. The topological polar surface area (TPSA) is 82.1 Å². The number of H-pyrrole nitrogens is 1. The van der Waals surface area contributed by atoms with Gasteiger partial charge in [-0.25, -0.2) is 19.1 Å². The highest BCUT2D eigenvalue weighted by Gasteiger charge is 2.22. The van der Waals surface area contributed by atoms with E-state index in [1.165, 1.54) is 30.7 Å². The number of halogens is 1. The van der Waals surface area contributed by atoms with E-state index in [4.69, 9.17) is 0 Å². The van der Waals surface area contributed by atoms with Gasteiger partial charge in [-0.05, 0) is 29.8 Å². The van der Waals surface area contributed by atoms with Gasteiger partial charge in [-0.15, -0.1) is 0 Å². The Bertz CT molecular complexity index is 788. The molecule has 2 N–H and O–H groups in total. The minimum absolute atomic E-state index is 0.225. The number of nitrogens with one attached hydrogen (secondary N) is 1. The number of anilines is 2. The van der Waals surface area contributed by atoms with Gasteiger partial charge >= 0.3 is 6.09 Å². The number of aromatic amines is 1. The lowest BCUT2D eigenvalue weighted by atomic mass is 10.1. The molecule has 2 heterocycles. The molecular weight excluding hydrogens is 287 g/mol. The molecular formula is C15H11FN4O2. The Balaban J connectivity index is 2.14. The number of aromatic nitrogens is 3. The van der Waals surface area contributed by atoms with Crippen molar-refractivity contribution in [3.63, 3.8) is 0 Å². The molecule has 0 saturated heterocycles. The Labute approximate surface area is 124 Å². The molecule has 0 spiro atoms. The SMILES string of the molecule is O=C(O)N(c1cn[nH]c1)c1ncccc1-c1ccc(F)cc1. The van der Waals surface area contributed by atoms with Gasteiger partial charge in [0.15, 0.2) is 5.82 Å². The van der Waals surface area contributed by atoms with E-state index in [1.54, 1.807) is 24.3 Å². The highest BCUT2D eigenvalue weighted by atomic mass is 19.1. The van der Waals surface area contributed by atoms with Crippen molar-refractivity contribution in [2.45, 2.75) is 0 Å². The minimum Gasteiger partial charge on any atom is -0.464 e. The van der Waals surface area contributed by atoms with Crippen molar-refractivity contribution in [2.24, 2.45) is 0 Å². The van der Waals surface area contributed by atoms with E-state index in [2.05, 4.69) is 15.2 Å². The second kappa shape index (κ2) is 5.65. The summed E-state index contributed by atoms with van der Waals surface area (Å²) in [6.45, 7) is 0. The Morgan fingerprint density at radius 3 is 2.64 bits per heavy atom. The molecule has 2 aromatic heterocycles. The van der Waals surface area contributed by atoms with Gasteiger partial charge in [0.25, 0.3) is 0 Å². The normalized spacial score (nSPS) is 10.4. The highest BCUT2D eigenvalue weighted by Crippen LogP contribution is 2.33. The van der Waals surface area contributed by atoms with Crippen LogP contribution in [0.3, 0.4) is 0 Å². The van der Waals surface area contributed by atoms with E-state index in [1.807, 2.05) is 0 Å². The fourth-order valence-electron chi connectivity index (χ4n) is 2.12. The first kappa shape index (κ1) is 13.7. The summed E-state index contributed by atoms with van der Waals surface area (Å²) in [6, 6.07) is 9.20. The molecule has 0 aliphatic rings. The number of amides is 1. The summed E-state index contributed by atoms with van der Waals surface area (Å²) in [4.78, 5) is 16.8. The average Bonchev–Trinajstić information content (AvgIpc) is 3.02. The Morgan fingerprint density at radius 2 is 2.00 bits per heavy atom. The molecule has 1 amide bonds. The molecule has 0 radical (unpaired) electrons. The predicted molar refractivity (Wildman–Crippen MR) is 78.4 cm³/mol. The maximum atomic E-state index is 13.1. The van der Waals surface area contributed by atoms with Gasteiger partial charge in [0.1, 0.15) is 5.82 Å². The molecule has 3 rings (SSSR count). The summed E-state index contributed by atoms with van der Waals surface area (Å²) < 4.78 is 13.1. The van der Waals surface area contributed by atoms with Crippen molar-refractivity contribution in [3.05, 3.63) is 60.8 Å². The second-order valence-electron chi connectivity index (χ2n) is 4.46. The number of pyridine rings is 1. The Hall–Kier alpha value is -3.22. The molecule has 3 aromatic rings. The molecule has 0 bridgehead atoms. The van der Waals surface area contributed by atoms with Crippen LogP contribution in [0.4, 0.5) is 20.7 Å². The molecule has 110 valence electrons. The number of nitrogens with zero attached hydrogens (tertiary/aromatic N) is 3. The summed E-state index contributed by atoms with van der Waals surface area (Å²) in [5.74, 6) is -0.137. The van der Waals surface area contributed by atoms with E-state index >= 15 is 0 Å². The number of benzene rings is 1. The molecule has 0 atom stereocenters. The van der Waals surface area contributed by atoms with Crippen LogP contribution in [0.15, 0.2) is 55.0 Å². The van der Waals surface area contributed by atoms with Gasteiger partial charge in [-0.2, -0.15) is 5.10 Å². The molecule has 7 heteroatoms. The van der Waals surface area contributed by atoms with Gasteiger partial charge in [-0.3, -0.25) is 5.10 Å². The van der Waals surface area contributed by atoms with Crippen molar-refractivity contribution in [1.29, 1.82) is 0 Å². The second-order valence-corrected chi connectivity index (χ2v) is 4.46. The van der Waals surface area contributed by atoms with Crippen LogP contribution in [-0.4, -0.2) is 26.4 Å². The highest BCUT2D eigenvalue weighted by molar-refractivity contribution is 5.97. The number of carboxylic acid groups (broad SMARTS) is 1. The first-order chi connectivity index (χ1) is 10.7. The molecule has 0 aliphatic carbocycles. The van der Waals surface area contributed by atoms with Gasteiger partial charge in [0, 0.05) is 18.0 Å². The fraction of sp³-hybridized carbons (Fsp3) is 0. The Morgan fingerprint density at radius 1 is 1.23 bits per heavy atom. The standard InChI is InChI=1S/C15H11FN4O2/c16-11-5-3-10(4-6-11)13-2-1-7-17-14(13)20(15(21)22)12-8-18-19-9-12/h1-9H,(H,18,19)(H,21,22). The molecule has 22 heavy (non-hydrogen) atoms. The monoisotopic (exact) mass is 298 g/mol. The van der Waals surface area contributed by atoms with Crippen molar-refractivity contribution in [2.75, 3.05) is 4.90 Å². The van der Waals surface area contributed by atoms with Crippen molar-refractivity contribution in [3.8, 4) is 11.1 Å². The first-order valence-corrected chi connectivity index (χ1v) is 6.39. The third kappa shape index (κ3) is 2.51. The largest absolute Gasteiger partial charge is 0.464 e. The number of rotatable bonds is 3. The van der Waals surface area contributed by atoms with Crippen LogP contribution in [0.25, 0.3) is 11.1 Å². The average molecular weight is 298 g/mol. The van der Waals surface area contributed by atoms with Crippen molar-refractivity contribution in [1.82, 2.24) is 15.2 Å². The van der Waals surface area contributed by atoms with E-state index in [0.29, 0.717) is 16.8 Å². The molecule has 6 nitrogen and oxygen atoms in total. The summed E-state index contributed by atoms with van der Waals surface area (Å²) in [6.07, 6.45) is 3.15. The lowest BCUT2D eigenvalue weighted by Crippen LogP contribution is -2.24. The van der Waals surface area contributed by atoms with Crippen LogP contribution in [0.2, 0.25) is 0 Å². The Kier molecular flexibility index (Phi) is 3.53. The maximum Gasteiger partial charge on any atom is 0.417 e. The van der Waals surface area contributed by atoms with Crippen molar-refractivity contribution >= 4 is 17.6 Å². The predicted octanol–water partition coefficient (Wildman–Crippen LogP) is 3.43. The number of carbonyl (C=O) groups is 1. The van der Waals surface area contributed by atoms with Crippen molar-refractivity contribution < 1.29 is 14.3 Å². The summed E-state index contributed by atoms with van der Waals surface area (Å²) in [5, 5.41) is 15.8. The van der Waals surface area contributed by atoms with Crippen LogP contribution in [0.5, 0.6) is 0 Å².